The second-order valence-electron chi connectivity index (χ2n) is 6.21. The van der Waals surface area contributed by atoms with Crippen LogP contribution in [0.4, 0.5) is 11.9 Å². The van der Waals surface area contributed by atoms with Crippen molar-refractivity contribution >= 4 is 23.5 Å². The molecule has 1 aromatic heterocycles. The number of halogens is 1. The fourth-order valence-electron chi connectivity index (χ4n) is 3.41. The second-order valence-corrected chi connectivity index (χ2v) is 6.65. The van der Waals surface area contributed by atoms with Crippen LogP contribution in [0.5, 0.6) is 5.75 Å². The van der Waals surface area contributed by atoms with E-state index < -0.39 is 0 Å². The summed E-state index contributed by atoms with van der Waals surface area (Å²) < 4.78 is 7.68. The average Bonchev–Trinajstić information content (AvgIpc) is 3.02. The molecule has 1 aliphatic rings. The number of hydrogen-bond donors (Lipinski definition) is 2. The monoisotopic (exact) mass is 369 g/mol. The lowest BCUT2D eigenvalue weighted by atomic mass is 9.93. The molecule has 0 fully saturated rings. The highest BCUT2D eigenvalue weighted by Gasteiger charge is 2.32. The van der Waals surface area contributed by atoms with Crippen molar-refractivity contribution in [1.82, 2.24) is 14.8 Å². The Hall–Kier alpha value is -2.73. The fourth-order valence-corrected chi connectivity index (χ4v) is 3.54. The zero-order chi connectivity index (χ0) is 18.1. The van der Waals surface area contributed by atoms with Gasteiger partial charge < -0.3 is 15.8 Å². The molecule has 2 heterocycles. The van der Waals surface area contributed by atoms with Crippen molar-refractivity contribution in [3.05, 3.63) is 64.7 Å². The summed E-state index contributed by atoms with van der Waals surface area (Å²) in [5.41, 5.74) is 8.08. The molecule has 0 bridgehead atoms. The highest BCUT2D eigenvalue weighted by Crippen LogP contribution is 2.41. The average molecular weight is 370 g/mol. The second kappa shape index (κ2) is 6.88. The number of fused-ring (bicyclic) bond motifs is 1. The minimum absolute atomic E-state index is 0.0283. The number of aromatic nitrogens is 3. The van der Waals surface area contributed by atoms with Gasteiger partial charge in [0, 0.05) is 10.6 Å². The zero-order valence-electron chi connectivity index (χ0n) is 14.4. The molecule has 0 unspecified atom stereocenters. The van der Waals surface area contributed by atoms with E-state index in [2.05, 4.69) is 21.5 Å². The number of nitrogens with zero attached hydrogens (tertiary/aromatic N) is 3. The Bertz CT molecular complexity index is 909. The highest BCUT2D eigenvalue weighted by atomic mass is 35.5. The standard InChI is InChI=1S/C19H20ClN5O/c1-2-26-17-6-4-3-5-14(17)16-11-15(12-7-9-13(20)10-8-12)22-19-23-18(21)24-25(16)19/h3-10,15-16H,2,11H2,1H3,(H3,21,22,23,24)/t15-,16-/m1/s1. The molecule has 2 aromatic carbocycles. The van der Waals surface area contributed by atoms with Gasteiger partial charge >= 0.3 is 0 Å². The van der Waals surface area contributed by atoms with Crippen molar-refractivity contribution in [3.8, 4) is 5.75 Å². The van der Waals surface area contributed by atoms with Crippen LogP contribution < -0.4 is 15.8 Å². The van der Waals surface area contributed by atoms with Crippen LogP contribution in [0.2, 0.25) is 5.02 Å². The van der Waals surface area contributed by atoms with Crippen LogP contribution in [-0.4, -0.2) is 21.4 Å². The molecule has 0 radical (unpaired) electrons. The first-order valence-corrected chi connectivity index (χ1v) is 8.99. The molecule has 6 nitrogen and oxygen atoms in total. The van der Waals surface area contributed by atoms with Crippen molar-refractivity contribution in [3.63, 3.8) is 0 Å². The minimum atomic E-state index is -0.0283. The minimum Gasteiger partial charge on any atom is -0.494 e. The summed E-state index contributed by atoms with van der Waals surface area (Å²) in [5, 5.41) is 8.54. The SMILES string of the molecule is CCOc1ccccc1[C@H]1C[C@H](c2ccc(Cl)cc2)Nc2nc(N)nn21. The van der Waals surface area contributed by atoms with Gasteiger partial charge in [-0.25, -0.2) is 4.68 Å². The van der Waals surface area contributed by atoms with E-state index >= 15 is 0 Å². The van der Waals surface area contributed by atoms with Crippen LogP contribution in [-0.2, 0) is 0 Å². The van der Waals surface area contributed by atoms with E-state index in [9.17, 15) is 0 Å². The molecule has 0 aliphatic carbocycles. The summed E-state index contributed by atoms with van der Waals surface area (Å²) >= 11 is 6.04. The van der Waals surface area contributed by atoms with Gasteiger partial charge in [-0.15, -0.1) is 5.10 Å². The summed E-state index contributed by atoms with van der Waals surface area (Å²) in [4.78, 5) is 4.35. The maximum absolute atomic E-state index is 6.04. The van der Waals surface area contributed by atoms with Gasteiger partial charge in [-0.2, -0.15) is 4.98 Å². The Morgan fingerprint density at radius 2 is 2.00 bits per heavy atom. The first-order valence-electron chi connectivity index (χ1n) is 8.61. The fraction of sp³-hybridized carbons (Fsp3) is 0.263. The van der Waals surface area contributed by atoms with E-state index in [1.807, 2.05) is 54.1 Å². The van der Waals surface area contributed by atoms with Crippen molar-refractivity contribution in [2.75, 3.05) is 17.7 Å². The lowest BCUT2D eigenvalue weighted by Crippen LogP contribution is -2.28. The quantitative estimate of drug-likeness (QED) is 0.725. The van der Waals surface area contributed by atoms with Crippen LogP contribution in [0.3, 0.4) is 0 Å². The number of benzene rings is 2. The van der Waals surface area contributed by atoms with Gasteiger partial charge in [0.2, 0.25) is 11.9 Å². The molecular weight excluding hydrogens is 350 g/mol. The highest BCUT2D eigenvalue weighted by molar-refractivity contribution is 6.30. The zero-order valence-corrected chi connectivity index (χ0v) is 15.1. The molecule has 3 aromatic rings. The molecule has 3 N–H and O–H groups in total. The normalized spacial score (nSPS) is 18.8. The van der Waals surface area contributed by atoms with Gasteiger partial charge in [0.25, 0.3) is 0 Å². The molecule has 4 rings (SSSR count). The molecule has 2 atom stereocenters. The Balaban J connectivity index is 1.77. The summed E-state index contributed by atoms with van der Waals surface area (Å²) in [6.07, 6.45) is 0.793. The predicted molar refractivity (Wildman–Crippen MR) is 103 cm³/mol. The number of ether oxygens (including phenoxy) is 1. The topological polar surface area (TPSA) is 78.0 Å². The molecular formula is C19H20ClN5O. The van der Waals surface area contributed by atoms with E-state index in [0.29, 0.717) is 12.6 Å². The summed E-state index contributed by atoms with van der Waals surface area (Å²) in [6, 6.07) is 15.9. The van der Waals surface area contributed by atoms with Crippen molar-refractivity contribution in [2.24, 2.45) is 0 Å². The smallest absolute Gasteiger partial charge is 0.241 e. The lowest BCUT2D eigenvalue weighted by Gasteiger charge is -2.32. The van der Waals surface area contributed by atoms with Crippen LogP contribution in [0.15, 0.2) is 48.5 Å². The van der Waals surface area contributed by atoms with Crippen LogP contribution in [0.1, 0.15) is 36.6 Å². The van der Waals surface area contributed by atoms with Gasteiger partial charge in [0.05, 0.1) is 18.7 Å². The van der Waals surface area contributed by atoms with E-state index in [-0.39, 0.29) is 18.0 Å². The van der Waals surface area contributed by atoms with Crippen molar-refractivity contribution in [2.45, 2.75) is 25.4 Å². The molecule has 26 heavy (non-hydrogen) atoms. The number of anilines is 2. The molecule has 0 spiro atoms. The number of nitrogens with two attached hydrogens (primary N) is 1. The first kappa shape index (κ1) is 16.7. The van der Waals surface area contributed by atoms with Gasteiger partial charge in [0.15, 0.2) is 0 Å². The van der Waals surface area contributed by atoms with Crippen molar-refractivity contribution in [1.29, 1.82) is 0 Å². The van der Waals surface area contributed by atoms with E-state index in [1.54, 1.807) is 0 Å². The number of rotatable bonds is 4. The molecule has 1 aliphatic heterocycles. The largest absolute Gasteiger partial charge is 0.494 e. The van der Waals surface area contributed by atoms with Gasteiger partial charge in [-0.05, 0) is 37.1 Å². The Labute approximate surface area is 156 Å². The van der Waals surface area contributed by atoms with Gasteiger partial charge in [0.1, 0.15) is 5.75 Å². The summed E-state index contributed by atoms with van der Waals surface area (Å²) in [5.74, 6) is 1.77. The number of hydrogen-bond acceptors (Lipinski definition) is 5. The molecule has 0 saturated heterocycles. The lowest BCUT2D eigenvalue weighted by molar-refractivity contribution is 0.325. The maximum Gasteiger partial charge on any atom is 0.241 e. The van der Waals surface area contributed by atoms with E-state index in [0.717, 1.165) is 28.3 Å². The van der Waals surface area contributed by atoms with Crippen LogP contribution >= 0.6 is 11.6 Å². The predicted octanol–water partition coefficient (Wildman–Crippen LogP) is 4.06. The Kier molecular flexibility index (Phi) is 4.42. The third-order valence-corrected chi connectivity index (χ3v) is 4.81. The number of nitrogen functional groups attached to an aromatic ring is 1. The molecule has 134 valence electrons. The van der Waals surface area contributed by atoms with E-state index in [4.69, 9.17) is 22.1 Å². The first-order chi connectivity index (χ1) is 12.7. The summed E-state index contributed by atoms with van der Waals surface area (Å²) in [7, 11) is 0. The third-order valence-electron chi connectivity index (χ3n) is 4.56. The van der Waals surface area contributed by atoms with Gasteiger partial charge in [-0.3, -0.25) is 0 Å². The number of nitrogens with one attached hydrogen (secondary N) is 1. The van der Waals surface area contributed by atoms with E-state index in [1.165, 1.54) is 0 Å². The van der Waals surface area contributed by atoms with Crippen molar-refractivity contribution < 1.29 is 4.74 Å². The van der Waals surface area contributed by atoms with Crippen LogP contribution in [0.25, 0.3) is 0 Å². The molecule has 7 heteroatoms. The molecule has 0 amide bonds. The Morgan fingerprint density at radius 3 is 2.77 bits per heavy atom. The molecule has 0 saturated carbocycles. The number of para-hydroxylation sites is 1. The van der Waals surface area contributed by atoms with Crippen LogP contribution in [0, 0.1) is 0 Å². The van der Waals surface area contributed by atoms with Gasteiger partial charge in [-0.1, -0.05) is 41.9 Å². The third kappa shape index (κ3) is 3.08. The Morgan fingerprint density at radius 1 is 1.23 bits per heavy atom. The maximum atomic E-state index is 6.04. The summed E-state index contributed by atoms with van der Waals surface area (Å²) in [6.45, 7) is 2.59.